The smallest absolute Gasteiger partial charge is 0.306 e. The van der Waals surface area contributed by atoms with Crippen molar-refractivity contribution in [3.63, 3.8) is 0 Å². The zero-order valence-corrected chi connectivity index (χ0v) is 13.6. The van der Waals surface area contributed by atoms with E-state index in [4.69, 9.17) is 9.47 Å². The van der Waals surface area contributed by atoms with Crippen LogP contribution in [0.25, 0.3) is 0 Å². The molecule has 0 radical (unpaired) electrons. The highest BCUT2D eigenvalue weighted by Gasteiger charge is 2.06. The van der Waals surface area contributed by atoms with Gasteiger partial charge in [0.1, 0.15) is 0 Å². The summed E-state index contributed by atoms with van der Waals surface area (Å²) in [5.74, 6) is 1.65. The molecule has 0 amide bonds. The third-order valence-electron chi connectivity index (χ3n) is 2.04. The third-order valence-corrected chi connectivity index (χ3v) is 4.08. The molecule has 0 fully saturated rings. The summed E-state index contributed by atoms with van der Waals surface area (Å²) in [6.07, 6.45) is 0.670. The zero-order valence-electron chi connectivity index (χ0n) is 12.0. The molecule has 0 aromatic carbocycles. The Hall–Kier alpha value is -0.690. The number of rotatable bonds is 12. The van der Waals surface area contributed by atoms with Crippen LogP contribution in [0.2, 0.25) is 0 Å². The summed E-state index contributed by atoms with van der Waals surface area (Å²) < 4.78 is 9.57. The van der Waals surface area contributed by atoms with Gasteiger partial charge in [-0.1, -0.05) is 0 Å². The molecule has 0 rings (SSSR count). The Bertz CT molecular complexity index is 279. The molecule has 7 heteroatoms. The Morgan fingerprint density at radius 2 is 1.20 bits per heavy atom. The summed E-state index contributed by atoms with van der Waals surface area (Å²) in [6.45, 7) is 4.31. The number of ketones is 1. The minimum absolute atomic E-state index is 0.118. The van der Waals surface area contributed by atoms with Crippen LogP contribution in [0.15, 0.2) is 0 Å². The van der Waals surface area contributed by atoms with Crippen molar-refractivity contribution in [3.05, 3.63) is 0 Å². The van der Waals surface area contributed by atoms with Gasteiger partial charge < -0.3 is 9.47 Å². The molecule has 0 aliphatic heterocycles. The monoisotopic (exact) mass is 322 g/mol. The Morgan fingerprint density at radius 1 is 0.800 bits per heavy atom. The van der Waals surface area contributed by atoms with Crippen molar-refractivity contribution in [1.82, 2.24) is 0 Å². The molecule has 0 heterocycles. The van der Waals surface area contributed by atoms with Crippen molar-refractivity contribution >= 4 is 41.2 Å². The zero-order chi connectivity index (χ0) is 15.2. The van der Waals surface area contributed by atoms with E-state index in [9.17, 15) is 14.4 Å². The standard InChI is InChI=1S/C13H22O5S2/c1-3-17-12(15)5-7-19-9-11(14)10-20-8-6-13(16)18-4-2/h3-10H2,1-2H3. The van der Waals surface area contributed by atoms with Crippen LogP contribution in [-0.2, 0) is 23.9 Å². The predicted octanol–water partition coefficient (Wildman–Crippen LogP) is 1.93. The molecule has 0 aliphatic carbocycles. The van der Waals surface area contributed by atoms with Gasteiger partial charge in [0.2, 0.25) is 0 Å². The van der Waals surface area contributed by atoms with Gasteiger partial charge in [-0.05, 0) is 13.8 Å². The topological polar surface area (TPSA) is 69.7 Å². The number of hydrogen-bond donors (Lipinski definition) is 0. The summed E-state index contributed by atoms with van der Waals surface area (Å²) in [7, 11) is 0. The molecule has 20 heavy (non-hydrogen) atoms. The average molecular weight is 322 g/mol. The van der Waals surface area contributed by atoms with Crippen LogP contribution in [0.1, 0.15) is 26.7 Å². The van der Waals surface area contributed by atoms with E-state index in [0.29, 0.717) is 49.1 Å². The lowest BCUT2D eigenvalue weighted by molar-refractivity contribution is -0.143. The summed E-state index contributed by atoms with van der Waals surface area (Å²) in [5.41, 5.74) is 0. The van der Waals surface area contributed by atoms with E-state index < -0.39 is 0 Å². The fourth-order valence-corrected chi connectivity index (χ4v) is 2.89. The normalized spacial score (nSPS) is 10.1. The summed E-state index contributed by atoms with van der Waals surface area (Å²) in [5, 5.41) is 0. The molecule has 0 aromatic rings. The Balaban J connectivity index is 3.41. The first-order chi connectivity index (χ1) is 9.60. The van der Waals surface area contributed by atoms with Crippen LogP contribution >= 0.6 is 23.5 Å². The minimum atomic E-state index is -0.226. The number of ether oxygens (including phenoxy) is 2. The highest BCUT2D eigenvalue weighted by atomic mass is 32.2. The summed E-state index contributed by atoms with van der Waals surface area (Å²) in [6, 6.07) is 0. The Kier molecular flexibility index (Phi) is 12.8. The van der Waals surface area contributed by atoms with Gasteiger partial charge >= 0.3 is 11.9 Å². The van der Waals surface area contributed by atoms with Crippen molar-refractivity contribution in [1.29, 1.82) is 0 Å². The first-order valence-corrected chi connectivity index (χ1v) is 8.89. The molecule has 5 nitrogen and oxygen atoms in total. The molecule has 0 unspecified atom stereocenters. The van der Waals surface area contributed by atoms with E-state index in [0.717, 1.165) is 0 Å². The third kappa shape index (κ3) is 12.3. The van der Waals surface area contributed by atoms with Gasteiger partial charge in [0.25, 0.3) is 0 Å². The molecule has 0 saturated heterocycles. The van der Waals surface area contributed by atoms with Crippen LogP contribution in [0.3, 0.4) is 0 Å². The Morgan fingerprint density at radius 3 is 1.55 bits per heavy atom. The van der Waals surface area contributed by atoms with Gasteiger partial charge in [-0.2, -0.15) is 23.5 Å². The predicted molar refractivity (Wildman–Crippen MR) is 82.2 cm³/mol. The average Bonchev–Trinajstić information content (AvgIpc) is 2.40. The molecular formula is C13H22O5S2. The second-order valence-electron chi connectivity index (χ2n) is 3.75. The van der Waals surface area contributed by atoms with E-state index in [1.165, 1.54) is 23.5 Å². The molecule has 0 atom stereocenters. The quantitative estimate of drug-likeness (QED) is 0.401. The van der Waals surface area contributed by atoms with Gasteiger partial charge in [0, 0.05) is 11.5 Å². The highest BCUT2D eigenvalue weighted by Crippen LogP contribution is 2.08. The maximum Gasteiger partial charge on any atom is 0.306 e. The lowest BCUT2D eigenvalue weighted by Crippen LogP contribution is -2.10. The minimum Gasteiger partial charge on any atom is -0.466 e. The lowest BCUT2D eigenvalue weighted by atomic mass is 10.5. The summed E-state index contributed by atoms with van der Waals surface area (Å²) in [4.78, 5) is 33.6. The second kappa shape index (κ2) is 13.3. The van der Waals surface area contributed by atoms with Crippen LogP contribution in [0, 0.1) is 0 Å². The van der Waals surface area contributed by atoms with Crippen molar-refractivity contribution in [2.45, 2.75) is 26.7 Å². The maximum absolute atomic E-state index is 11.5. The van der Waals surface area contributed by atoms with Crippen molar-refractivity contribution in [3.8, 4) is 0 Å². The lowest BCUT2D eigenvalue weighted by Gasteiger charge is -2.03. The highest BCUT2D eigenvalue weighted by molar-refractivity contribution is 8.01. The maximum atomic E-state index is 11.5. The number of carbonyl (C=O) groups excluding carboxylic acids is 3. The summed E-state index contributed by atoms with van der Waals surface area (Å²) >= 11 is 2.87. The molecule has 0 N–H and O–H groups in total. The van der Waals surface area contributed by atoms with Crippen LogP contribution < -0.4 is 0 Å². The largest absolute Gasteiger partial charge is 0.466 e. The van der Waals surface area contributed by atoms with E-state index in [-0.39, 0.29) is 17.7 Å². The van der Waals surface area contributed by atoms with Crippen LogP contribution in [-0.4, -0.2) is 53.9 Å². The van der Waals surface area contributed by atoms with Gasteiger partial charge in [-0.15, -0.1) is 0 Å². The molecule has 0 aliphatic rings. The fourth-order valence-electron chi connectivity index (χ4n) is 1.19. The number of esters is 2. The Labute approximate surface area is 128 Å². The van der Waals surface area contributed by atoms with Crippen LogP contribution in [0.5, 0.6) is 0 Å². The van der Waals surface area contributed by atoms with Crippen LogP contribution in [0.4, 0.5) is 0 Å². The first kappa shape index (κ1) is 19.3. The molecule has 0 bridgehead atoms. The van der Waals surface area contributed by atoms with Crippen molar-refractivity contribution in [2.75, 3.05) is 36.2 Å². The number of hydrogen-bond acceptors (Lipinski definition) is 7. The molecular weight excluding hydrogens is 300 g/mol. The van der Waals surface area contributed by atoms with E-state index in [2.05, 4.69) is 0 Å². The van der Waals surface area contributed by atoms with Crippen molar-refractivity contribution < 1.29 is 23.9 Å². The van der Waals surface area contributed by atoms with Crippen molar-refractivity contribution in [2.24, 2.45) is 0 Å². The van der Waals surface area contributed by atoms with Gasteiger partial charge in [-0.3, -0.25) is 14.4 Å². The van der Waals surface area contributed by atoms with E-state index >= 15 is 0 Å². The fraction of sp³-hybridized carbons (Fsp3) is 0.769. The van der Waals surface area contributed by atoms with E-state index in [1.54, 1.807) is 13.8 Å². The number of Topliss-reactive ketones (excluding diaryl/α,β-unsaturated/α-hetero) is 1. The van der Waals surface area contributed by atoms with Gasteiger partial charge in [0.05, 0.1) is 37.6 Å². The SMILES string of the molecule is CCOC(=O)CCSCC(=O)CSCCC(=O)OCC. The van der Waals surface area contributed by atoms with Gasteiger partial charge in [-0.25, -0.2) is 0 Å². The van der Waals surface area contributed by atoms with Gasteiger partial charge in [0.15, 0.2) is 5.78 Å². The number of thioether (sulfide) groups is 2. The van der Waals surface area contributed by atoms with E-state index in [1.807, 2.05) is 0 Å². The number of carbonyl (C=O) groups is 3. The molecule has 0 aromatic heterocycles. The molecule has 0 spiro atoms. The molecule has 116 valence electrons. The second-order valence-corrected chi connectivity index (χ2v) is 5.96. The first-order valence-electron chi connectivity index (χ1n) is 6.58. The molecule has 0 saturated carbocycles.